The van der Waals surface area contributed by atoms with Crippen molar-refractivity contribution in [1.82, 2.24) is 9.88 Å². The molecule has 4 nitrogen and oxygen atoms in total. The SMILES string of the molecule is COc1cccc(CC(=O)N2CCc3[nH]c(Br)cc3C2)c1. The predicted octanol–water partition coefficient (Wildman–Crippen LogP) is 2.91. The molecule has 0 fully saturated rings. The van der Waals surface area contributed by atoms with Gasteiger partial charge in [-0.2, -0.15) is 0 Å². The molecule has 110 valence electrons. The normalized spacial score (nSPS) is 13.9. The van der Waals surface area contributed by atoms with Crippen LogP contribution in [-0.2, 0) is 24.2 Å². The number of fused-ring (bicyclic) bond motifs is 1. The third kappa shape index (κ3) is 3.13. The predicted molar refractivity (Wildman–Crippen MR) is 84.3 cm³/mol. The Morgan fingerprint density at radius 3 is 3.10 bits per heavy atom. The fourth-order valence-corrected chi connectivity index (χ4v) is 3.19. The molecule has 0 atom stereocenters. The van der Waals surface area contributed by atoms with Gasteiger partial charge in [0, 0.05) is 25.2 Å². The Balaban J connectivity index is 1.69. The van der Waals surface area contributed by atoms with Gasteiger partial charge in [-0.15, -0.1) is 0 Å². The molecule has 5 heteroatoms. The summed E-state index contributed by atoms with van der Waals surface area (Å²) in [6, 6.07) is 9.74. The molecule has 21 heavy (non-hydrogen) atoms. The maximum Gasteiger partial charge on any atom is 0.227 e. The summed E-state index contributed by atoms with van der Waals surface area (Å²) >= 11 is 3.45. The van der Waals surface area contributed by atoms with Gasteiger partial charge in [-0.3, -0.25) is 4.79 Å². The minimum absolute atomic E-state index is 0.159. The van der Waals surface area contributed by atoms with Crippen LogP contribution < -0.4 is 4.74 Å². The number of aromatic nitrogens is 1. The van der Waals surface area contributed by atoms with Gasteiger partial charge in [0.05, 0.1) is 18.1 Å². The minimum Gasteiger partial charge on any atom is -0.497 e. The van der Waals surface area contributed by atoms with E-state index in [1.807, 2.05) is 29.2 Å². The highest BCUT2D eigenvalue weighted by Gasteiger charge is 2.22. The highest BCUT2D eigenvalue weighted by atomic mass is 79.9. The van der Waals surface area contributed by atoms with E-state index < -0.39 is 0 Å². The van der Waals surface area contributed by atoms with Crippen LogP contribution in [0.2, 0.25) is 0 Å². The first-order valence-electron chi connectivity index (χ1n) is 6.92. The Hall–Kier alpha value is -1.75. The summed E-state index contributed by atoms with van der Waals surface area (Å²) in [5.41, 5.74) is 3.42. The molecule has 1 aliphatic heterocycles. The van der Waals surface area contributed by atoms with Crippen molar-refractivity contribution in [2.24, 2.45) is 0 Å². The van der Waals surface area contributed by atoms with E-state index in [4.69, 9.17) is 4.74 Å². The number of nitrogens with one attached hydrogen (secondary N) is 1. The van der Waals surface area contributed by atoms with Gasteiger partial charge in [-0.05, 0) is 45.3 Å². The Kier molecular flexibility index (Phi) is 4.01. The third-order valence-electron chi connectivity index (χ3n) is 3.79. The minimum atomic E-state index is 0.159. The number of halogens is 1. The van der Waals surface area contributed by atoms with Crippen LogP contribution >= 0.6 is 15.9 Å². The van der Waals surface area contributed by atoms with E-state index in [-0.39, 0.29) is 5.91 Å². The van der Waals surface area contributed by atoms with Crippen molar-refractivity contribution in [3.63, 3.8) is 0 Å². The van der Waals surface area contributed by atoms with Gasteiger partial charge in [-0.25, -0.2) is 0 Å². The molecule has 0 bridgehead atoms. The molecule has 0 saturated heterocycles. The highest BCUT2D eigenvalue weighted by Crippen LogP contribution is 2.23. The molecule has 1 aromatic carbocycles. The Bertz CT molecular complexity index is 666. The second-order valence-corrected chi connectivity index (χ2v) is 6.07. The lowest BCUT2D eigenvalue weighted by atomic mass is 10.1. The number of aromatic amines is 1. The lowest BCUT2D eigenvalue weighted by Crippen LogP contribution is -2.36. The maximum absolute atomic E-state index is 12.4. The van der Waals surface area contributed by atoms with Gasteiger partial charge < -0.3 is 14.6 Å². The summed E-state index contributed by atoms with van der Waals surface area (Å²) in [6.45, 7) is 1.45. The quantitative estimate of drug-likeness (QED) is 0.926. The van der Waals surface area contributed by atoms with E-state index in [1.54, 1.807) is 7.11 Å². The molecular formula is C16H17BrN2O2. The topological polar surface area (TPSA) is 45.3 Å². The number of rotatable bonds is 3. The van der Waals surface area contributed by atoms with Crippen molar-refractivity contribution in [3.8, 4) is 5.75 Å². The lowest BCUT2D eigenvalue weighted by Gasteiger charge is -2.27. The Morgan fingerprint density at radius 2 is 2.29 bits per heavy atom. The molecule has 1 aliphatic rings. The van der Waals surface area contributed by atoms with Gasteiger partial charge in [-0.1, -0.05) is 12.1 Å². The fraction of sp³-hybridized carbons (Fsp3) is 0.312. The molecule has 3 rings (SSSR count). The number of methoxy groups -OCH3 is 1. The van der Waals surface area contributed by atoms with Crippen molar-refractivity contribution in [2.45, 2.75) is 19.4 Å². The van der Waals surface area contributed by atoms with E-state index in [2.05, 4.69) is 27.0 Å². The molecule has 0 unspecified atom stereocenters. The zero-order valence-electron chi connectivity index (χ0n) is 11.9. The molecular weight excluding hydrogens is 332 g/mol. The van der Waals surface area contributed by atoms with Crippen LogP contribution in [0.25, 0.3) is 0 Å². The molecule has 1 N–H and O–H groups in total. The van der Waals surface area contributed by atoms with Crippen LogP contribution in [0, 0.1) is 0 Å². The first kappa shape index (κ1) is 14.2. The standard InChI is InChI=1S/C16H17BrN2O2/c1-21-13-4-2-3-11(7-13)8-16(20)19-6-5-14-12(10-19)9-15(17)18-14/h2-4,7,9,18H,5-6,8,10H2,1H3. The van der Waals surface area contributed by atoms with Crippen molar-refractivity contribution in [3.05, 3.63) is 51.8 Å². The number of carbonyl (C=O) groups is 1. The zero-order chi connectivity index (χ0) is 14.8. The van der Waals surface area contributed by atoms with Crippen LogP contribution in [0.4, 0.5) is 0 Å². The molecule has 0 radical (unpaired) electrons. The summed E-state index contributed by atoms with van der Waals surface area (Å²) in [4.78, 5) is 17.6. The number of carbonyl (C=O) groups excluding carboxylic acids is 1. The largest absolute Gasteiger partial charge is 0.497 e. The first-order chi connectivity index (χ1) is 10.2. The smallest absolute Gasteiger partial charge is 0.227 e. The Morgan fingerprint density at radius 1 is 1.43 bits per heavy atom. The van der Waals surface area contributed by atoms with E-state index in [9.17, 15) is 4.79 Å². The summed E-state index contributed by atoms with van der Waals surface area (Å²) < 4.78 is 6.18. The highest BCUT2D eigenvalue weighted by molar-refractivity contribution is 9.10. The summed E-state index contributed by atoms with van der Waals surface area (Å²) in [5, 5.41) is 0. The van der Waals surface area contributed by atoms with Crippen LogP contribution in [0.15, 0.2) is 34.9 Å². The monoisotopic (exact) mass is 348 g/mol. The molecule has 1 amide bonds. The molecule has 2 aromatic rings. The van der Waals surface area contributed by atoms with Gasteiger partial charge in [0.25, 0.3) is 0 Å². The van der Waals surface area contributed by atoms with E-state index in [0.29, 0.717) is 13.0 Å². The van der Waals surface area contributed by atoms with Gasteiger partial charge in [0.2, 0.25) is 5.91 Å². The van der Waals surface area contributed by atoms with E-state index >= 15 is 0 Å². The van der Waals surface area contributed by atoms with Crippen LogP contribution in [0.1, 0.15) is 16.8 Å². The number of hydrogen-bond acceptors (Lipinski definition) is 2. The number of ether oxygens (including phenoxy) is 1. The number of benzene rings is 1. The molecule has 0 aliphatic carbocycles. The number of H-pyrrole nitrogens is 1. The van der Waals surface area contributed by atoms with Crippen LogP contribution in [0.5, 0.6) is 5.75 Å². The summed E-state index contributed by atoms with van der Waals surface area (Å²) in [5.74, 6) is 0.946. The van der Waals surface area contributed by atoms with Gasteiger partial charge in [0.1, 0.15) is 5.75 Å². The number of nitrogens with zero attached hydrogens (tertiary/aromatic N) is 1. The van der Waals surface area contributed by atoms with Gasteiger partial charge in [0.15, 0.2) is 0 Å². The molecule has 0 spiro atoms. The van der Waals surface area contributed by atoms with Crippen molar-refractivity contribution < 1.29 is 9.53 Å². The van der Waals surface area contributed by atoms with Crippen molar-refractivity contribution in [2.75, 3.05) is 13.7 Å². The van der Waals surface area contributed by atoms with Crippen molar-refractivity contribution >= 4 is 21.8 Å². The first-order valence-corrected chi connectivity index (χ1v) is 7.72. The van der Waals surface area contributed by atoms with E-state index in [0.717, 1.165) is 28.9 Å². The fourth-order valence-electron chi connectivity index (χ4n) is 2.68. The maximum atomic E-state index is 12.4. The van der Waals surface area contributed by atoms with Crippen molar-refractivity contribution in [1.29, 1.82) is 0 Å². The van der Waals surface area contributed by atoms with E-state index in [1.165, 1.54) is 11.3 Å². The second kappa shape index (κ2) is 5.93. The third-order valence-corrected chi connectivity index (χ3v) is 4.22. The second-order valence-electron chi connectivity index (χ2n) is 5.21. The summed E-state index contributed by atoms with van der Waals surface area (Å²) in [7, 11) is 1.64. The van der Waals surface area contributed by atoms with Crippen LogP contribution in [0.3, 0.4) is 0 Å². The lowest BCUT2D eigenvalue weighted by molar-refractivity contribution is -0.131. The molecule has 2 heterocycles. The average molecular weight is 349 g/mol. The summed E-state index contributed by atoms with van der Waals surface area (Å²) in [6.07, 6.45) is 1.29. The Labute approximate surface area is 132 Å². The van der Waals surface area contributed by atoms with Crippen LogP contribution in [-0.4, -0.2) is 29.4 Å². The molecule has 1 aromatic heterocycles. The average Bonchev–Trinajstić information content (AvgIpc) is 2.86. The van der Waals surface area contributed by atoms with Gasteiger partial charge >= 0.3 is 0 Å². The zero-order valence-corrected chi connectivity index (χ0v) is 13.4. The number of amides is 1. The number of hydrogen-bond donors (Lipinski definition) is 1. The molecule has 0 saturated carbocycles.